The van der Waals surface area contributed by atoms with E-state index in [0.717, 1.165) is 28.2 Å². The van der Waals surface area contributed by atoms with E-state index in [2.05, 4.69) is 17.4 Å². The average Bonchev–Trinajstić information content (AvgIpc) is 3.25. The van der Waals surface area contributed by atoms with Crippen LogP contribution in [-0.2, 0) is 16.7 Å². The molecule has 2 heterocycles. The zero-order chi connectivity index (χ0) is 25.1. The summed E-state index contributed by atoms with van der Waals surface area (Å²) in [5.41, 5.74) is 4.44. The fraction of sp³-hybridized carbons (Fsp3) is 0.107. The molecule has 5 rings (SSSR count). The molecule has 0 fully saturated rings. The molecule has 0 saturated heterocycles. The highest BCUT2D eigenvalue weighted by Gasteiger charge is 2.19. The maximum absolute atomic E-state index is 12.9. The monoisotopic (exact) mass is 499 g/mol. The zero-order valence-electron chi connectivity index (χ0n) is 19.9. The molecule has 2 aromatic heterocycles. The number of aryl methyl sites for hydroxylation is 1. The fourth-order valence-corrected chi connectivity index (χ4v) is 4.83. The minimum atomic E-state index is -4.02. The summed E-state index contributed by atoms with van der Waals surface area (Å²) < 4.78 is 38.3. The van der Waals surface area contributed by atoms with Crippen LogP contribution in [-0.4, -0.2) is 24.9 Å². The lowest BCUT2D eigenvalue weighted by molar-refractivity contribution is 0.414. The molecule has 0 spiro atoms. The molecule has 1 N–H and O–H groups in total. The topological polar surface area (TPSA) is 81.9 Å². The van der Waals surface area contributed by atoms with Gasteiger partial charge in [-0.05, 0) is 66.6 Å². The zero-order valence-corrected chi connectivity index (χ0v) is 20.7. The number of nitrogens with one attached hydrogen (secondary N) is 1. The number of hydrogen-bond donors (Lipinski definition) is 1. The molecular weight excluding hydrogens is 474 g/mol. The van der Waals surface area contributed by atoms with Crippen LogP contribution in [0, 0.1) is 6.92 Å². The lowest BCUT2D eigenvalue weighted by atomic mass is 10.1. The van der Waals surface area contributed by atoms with Gasteiger partial charge in [0.2, 0.25) is 0 Å². The van der Waals surface area contributed by atoms with Gasteiger partial charge in [-0.25, -0.2) is 4.98 Å². The number of aromatic nitrogens is 2. The number of fused-ring (bicyclic) bond motifs is 1. The number of ether oxygens (including phenoxy) is 1. The highest BCUT2D eigenvalue weighted by atomic mass is 32.2. The van der Waals surface area contributed by atoms with Gasteiger partial charge in [0, 0.05) is 18.3 Å². The molecular formula is C28H25N3O4S. The maximum atomic E-state index is 12.9. The van der Waals surface area contributed by atoms with Crippen LogP contribution in [0.15, 0.2) is 102 Å². The third-order valence-corrected chi connectivity index (χ3v) is 7.01. The molecule has 0 saturated carbocycles. The molecule has 7 nitrogen and oxygen atoms in total. The van der Waals surface area contributed by atoms with Crippen molar-refractivity contribution in [3.05, 3.63) is 108 Å². The molecule has 0 atom stereocenters. The Bertz CT molecular complexity index is 1610. The van der Waals surface area contributed by atoms with Gasteiger partial charge in [0.05, 0.1) is 7.11 Å². The van der Waals surface area contributed by atoms with Crippen LogP contribution in [0.3, 0.4) is 0 Å². The molecule has 0 aliphatic carbocycles. The van der Waals surface area contributed by atoms with Crippen molar-refractivity contribution in [2.45, 2.75) is 18.4 Å². The van der Waals surface area contributed by atoms with Crippen molar-refractivity contribution in [1.29, 1.82) is 0 Å². The smallest absolute Gasteiger partial charge is 0.339 e. The first-order chi connectivity index (χ1) is 17.4. The van der Waals surface area contributed by atoms with Gasteiger partial charge < -0.3 is 14.2 Å². The van der Waals surface area contributed by atoms with E-state index in [9.17, 15) is 8.42 Å². The molecule has 36 heavy (non-hydrogen) atoms. The summed E-state index contributed by atoms with van der Waals surface area (Å²) in [6.45, 7) is 2.63. The Kier molecular flexibility index (Phi) is 6.35. The number of imidazole rings is 1. The maximum Gasteiger partial charge on any atom is 0.339 e. The number of rotatable bonds is 8. The molecule has 0 unspecified atom stereocenters. The predicted octanol–water partition coefficient (Wildman–Crippen LogP) is 5.70. The first-order valence-corrected chi connectivity index (χ1v) is 12.8. The van der Waals surface area contributed by atoms with Gasteiger partial charge in [0.25, 0.3) is 0 Å². The fourth-order valence-electron chi connectivity index (χ4n) is 3.91. The lowest BCUT2D eigenvalue weighted by Crippen LogP contribution is -2.09. The molecule has 5 aromatic rings. The molecule has 0 radical (unpaired) electrons. The van der Waals surface area contributed by atoms with E-state index in [1.807, 2.05) is 53.9 Å². The minimum Gasteiger partial charge on any atom is -0.497 e. The number of hydrogen-bond acceptors (Lipinski definition) is 6. The number of anilines is 1. The van der Waals surface area contributed by atoms with Crippen molar-refractivity contribution in [1.82, 2.24) is 9.38 Å². The van der Waals surface area contributed by atoms with Crippen molar-refractivity contribution in [3.63, 3.8) is 0 Å². The summed E-state index contributed by atoms with van der Waals surface area (Å²) in [7, 11) is -2.50. The van der Waals surface area contributed by atoms with Gasteiger partial charge in [-0.15, -0.1) is 0 Å². The van der Waals surface area contributed by atoms with E-state index in [1.165, 1.54) is 19.2 Å². The van der Waals surface area contributed by atoms with E-state index in [0.29, 0.717) is 18.0 Å². The van der Waals surface area contributed by atoms with Crippen molar-refractivity contribution in [3.8, 4) is 22.8 Å². The van der Waals surface area contributed by atoms with Crippen molar-refractivity contribution >= 4 is 21.6 Å². The number of methoxy groups -OCH3 is 1. The average molecular weight is 500 g/mol. The second kappa shape index (κ2) is 9.75. The second-order valence-corrected chi connectivity index (χ2v) is 9.87. The summed E-state index contributed by atoms with van der Waals surface area (Å²) >= 11 is 0. The Morgan fingerprint density at radius 2 is 1.67 bits per heavy atom. The van der Waals surface area contributed by atoms with Crippen LogP contribution >= 0.6 is 0 Å². The molecule has 8 heteroatoms. The van der Waals surface area contributed by atoms with Gasteiger partial charge in [0.15, 0.2) is 0 Å². The molecule has 0 aliphatic heterocycles. The van der Waals surface area contributed by atoms with E-state index < -0.39 is 10.1 Å². The minimum absolute atomic E-state index is 0.0436. The third kappa shape index (κ3) is 4.89. The van der Waals surface area contributed by atoms with E-state index >= 15 is 0 Å². The van der Waals surface area contributed by atoms with Crippen LogP contribution in [0.5, 0.6) is 11.5 Å². The lowest BCUT2D eigenvalue weighted by Gasteiger charge is -2.11. The summed E-state index contributed by atoms with van der Waals surface area (Å²) in [5, 5.41) is 3.50. The molecule has 0 bridgehead atoms. The van der Waals surface area contributed by atoms with Crippen LogP contribution < -0.4 is 14.2 Å². The van der Waals surface area contributed by atoms with E-state index in [1.54, 1.807) is 30.3 Å². The van der Waals surface area contributed by atoms with Crippen LogP contribution in [0.2, 0.25) is 0 Å². The largest absolute Gasteiger partial charge is 0.497 e. The van der Waals surface area contributed by atoms with Gasteiger partial charge in [-0.3, -0.25) is 4.40 Å². The van der Waals surface area contributed by atoms with Crippen molar-refractivity contribution in [2.24, 2.45) is 0 Å². The molecule has 182 valence electrons. The Morgan fingerprint density at radius 3 is 2.42 bits per heavy atom. The number of pyridine rings is 1. The first-order valence-electron chi connectivity index (χ1n) is 11.4. The Morgan fingerprint density at radius 1 is 0.889 bits per heavy atom. The summed E-state index contributed by atoms with van der Waals surface area (Å²) in [4.78, 5) is 4.90. The van der Waals surface area contributed by atoms with Gasteiger partial charge in [0.1, 0.15) is 33.6 Å². The molecule has 3 aromatic carbocycles. The normalized spacial score (nSPS) is 11.4. The quantitative estimate of drug-likeness (QED) is 0.276. The highest BCUT2D eigenvalue weighted by molar-refractivity contribution is 7.87. The first kappa shape index (κ1) is 23.4. The number of nitrogens with zero attached hydrogens (tertiary/aromatic N) is 2. The second-order valence-electron chi connectivity index (χ2n) is 8.32. The molecule has 0 aliphatic rings. The third-order valence-electron chi connectivity index (χ3n) is 5.75. The standard InChI is InChI=1S/C28H25N3O4S/c1-20-15-16-31-26(17-20)30-27(28(31)29-19-21-7-4-3-5-8-21)22-9-6-10-24(18-22)35-36(32,33)25-13-11-23(34-2)12-14-25/h3-18,29H,19H2,1-2H3. The Labute approximate surface area is 210 Å². The van der Waals surface area contributed by atoms with Gasteiger partial charge in [-0.2, -0.15) is 8.42 Å². The Hall–Kier alpha value is -4.30. The summed E-state index contributed by atoms with van der Waals surface area (Å²) in [6, 6.07) is 27.1. The van der Waals surface area contributed by atoms with Crippen molar-refractivity contribution in [2.75, 3.05) is 12.4 Å². The van der Waals surface area contributed by atoms with Gasteiger partial charge in [-0.1, -0.05) is 42.5 Å². The van der Waals surface area contributed by atoms with Gasteiger partial charge >= 0.3 is 10.1 Å². The van der Waals surface area contributed by atoms with Crippen LogP contribution in [0.1, 0.15) is 11.1 Å². The molecule has 0 amide bonds. The Balaban J connectivity index is 1.49. The SMILES string of the molecule is COc1ccc(S(=O)(=O)Oc2cccc(-c3nc4cc(C)ccn4c3NCc3ccccc3)c2)cc1. The van der Waals surface area contributed by atoms with Crippen LogP contribution in [0.4, 0.5) is 5.82 Å². The van der Waals surface area contributed by atoms with Crippen LogP contribution in [0.25, 0.3) is 16.9 Å². The summed E-state index contributed by atoms with van der Waals surface area (Å²) in [5.74, 6) is 1.57. The van der Waals surface area contributed by atoms with Crippen molar-refractivity contribution < 1.29 is 17.3 Å². The van der Waals surface area contributed by atoms with E-state index in [-0.39, 0.29) is 10.6 Å². The highest BCUT2D eigenvalue weighted by Crippen LogP contribution is 2.32. The predicted molar refractivity (Wildman–Crippen MR) is 140 cm³/mol. The van der Waals surface area contributed by atoms with E-state index in [4.69, 9.17) is 13.9 Å². The number of benzene rings is 3. The summed E-state index contributed by atoms with van der Waals surface area (Å²) in [6.07, 6.45) is 1.98.